The van der Waals surface area contributed by atoms with Crippen LogP contribution in [0.3, 0.4) is 0 Å². The van der Waals surface area contributed by atoms with Crippen molar-refractivity contribution in [1.29, 1.82) is 0 Å². The highest BCUT2D eigenvalue weighted by Crippen LogP contribution is 2.25. The molecule has 3 unspecified atom stereocenters. The van der Waals surface area contributed by atoms with Crippen LogP contribution in [0.1, 0.15) is 27.7 Å². The van der Waals surface area contributed by atoms with Crippen molar-refractivity contribution in [2.24, 2.45) is 5.92 Å². The van der Waals surface area contributed by atoms with Gasteiger partial charge in [0.05, 0.1) is 11.6 Å². The minimum absolute atomic E-state index is 0.112. The van der Waals surface area contributed by atoms with Crippen LogP contribution in [-0.2, 0) is 14.3 Å². The Balaban J connectivity index is 4.43. The summed E-state index contributed by atoms with van der Waals surface area (Å²) < 4.78 is 10.9. The molecule has 6 heteroatoms. The SMILES string of the molecule is CC(OC(=O)C(C)C)OC(C(C)Br)[Si](C)(C)Cl. The molecule has 17 heavy (non-hydrogen) atoms. The highest BCUT2D eigenvalue weighted by Gasteiger charge is 2.36. The zero-order valence-corrected chi connectivity index (χ0v) is 14.6. The van der Waals surface area contributed by atoms with E-state index in [9.17, 15) is 4.79 Å². The van der Waals surface area contributed by atoms with E-state index in [1.807, 2.05) is 20.0 Å². The third-order valence-electron chi connectivity index (χ3n) is 2.19. The number of carbonyl (C=O) groups is 1. The molecule has 0 amide bonds. The number of alkyl halides is 1. The fraction of sp³-hybridized carbons (Fsp3) is 0.909. The van der Waals surface area contributed by atoms with E-state index in [2.05, 4.69) is 15.9 Å². The average molecular weight is 346 g/mol. The molecule has 0 heterocycles. The number of hydrogen-bond donors (Lipinski definition) is 0. The topological polar surface area (TPSA) is 35.5 Å². The highest BCUT2D eigenvalue weighted by molar-refractivity contribution is 9.09. The number of esters is 1. The zero-order valence-electron chi connectivity index (χ0n) is 11.3. The average Bonchev–Trinajstić information content (AvgIpc) is 2.11. The Kier molecular flexibility index (Phi) is 7.29. The molecular formula is C11H22BrClO3Si. The summed E-state index contributed by atoms with van der Waals surface area (Å²) in [7, 11) is -1.98. The summed E-state index contributed by atoms with van der Waals surface area (Å²) in [6.45, 7) is 11.3. The second kappa shape index (κ2) is 7.12. The van der Waals surface area contributed by atoms with Gasteiger partial charge >= 0.3 is 5.97 Å². The minimum atomic E-state index is -1.98. The maximum absolute atomic E-state index is 11.4. The molecule has 3 nitrogen and oxygen atoms in total. The van der Waals surface area contributed by atoms with Crippen LogP contribution >= 0.6 is 27.0 Å². The van der Waals surface area contributed by atoms with Gasteiger partial charge in [-0.3, -0.25) is 4.79 Å². The molecule has 0 radical (unpaired) electrons. The number of hydrogen-bond acceptors (Lipinski definition) is 3. The summed E-state index contributed by atoms with van der Waals surface area (Å²) >= 11 is 9.87. The summed E-state index contributed by atoms with van der Waals surface area (Å²) in [5.41, 5.74) is -0.112. The Labute approximate surface area is 118 Å². The van der Waals surface area contributed by atoms with Crippen molar-refractivity contribution in [2.45, 2.75) is 57.6 Å². The number of ether oxygens (including phenoxy) is 2. The van der Waals surface area contributed by atoms with E-state index < -0.39 is 13.7 Å². The van der Waals surface area contributed by atoms with Crippen LogP contribution in [-0.4, -0.2) is 30.2 Å². The van der Waals surface area contributed by atoms with Crippen LogP contribution in [0, 0.1) is 5.92 Å². The summed E-state index contributed by atoms with van der Waals surface area (Å²) in [4.78, 5) is 11.5. The molecule has 0 rings (SSSR count). The van der Waals surface area contributed by atoms with Gasteiger partial charge in [-0.1, -0.05) is 49.8 Å². The van der Waals surface area contributed by atoms with Gasteiger partial charge in [0, 0.05) is 4.83 Å². The fourth-order valence-electron chi connectivity index (χ4n) is 1.35. The van der Waals surface area contributed by atoms with Crippen LogP contribution in [0.4, 0.5) is 0 Å². The van der Waals surface area contributed by atoms with Crippen molar-refractivity contribution in [3.63, 3.8) is 0 Å². The lowest BCUT2D eigenvalue weighted by Crippen LogP contribution is -2.46. The first-order valence-corrected chi connectivity index (χ1v) is 10.7. The second-order valence-electron chi connectivity index (χ2n) is 4.96. The molecule has 0 aromatic rings. The van der Waals surface area contributed by atoms with Gasteiger partial charge in [0.25, 0.3) is 0 Å². The molecule has 0 saturated carbocycles. The molecule has 0 saturated heterocycles. The third kappa shape index (κ3) is 6.79. The second-order valence-corrected chi connectivity index (χ2v) is 13.0. The normalized spacial score (nSPS) is 17.7. The van der Waals surface area contributed by atoms with Gasteiger partial charge in [-0.25, -0.2) is 0 Å². The van der Waals surface area contributed by atoms with E-state index in [0.29, 0.717) is 0 Å². The fourth-order valence-corrected chi connectivity index (χ4v) is 6.24. The molecule has 0 aromatic heterocycles. The van der Waals surface area contributed by atoms with Gasteiger partial charge in [0.1, 0.15) is 0 Å². The van der Waals surface area contributed by atoms with Crippen molar-refractivity contribution < 1.29 is 14.3 Å². The molecular weight excluding hydrogens is 324 g/mol. The lowest BCUT2D eigenvalue weighted by Gasteiger charge is -2.31. The number of halogens is 2. The molecule has 102 valence electrons. The van der Waals surface area contributed by atoms with Crippen molar-refractivity contribution >= 4 is 40.4 Å². The maximum Gasteiger partial charge on any atom is 0.310 e. The van der Waals surface area contributed by atoms with Crippen LogP contribution in [0.5, 0.6) is 0 Å². The Hall–Kier alpha value is 0.417. The summed E-state index contributed by atoms with van der Waals surface area (Å²) in [5.74, 6) is -0.408. The van der Waals surface area contributed by atoms with Gasteiger partial charge < -0.3 is 9.47 Å². The number of rotatable bonds is 6. The van der Waals surface area contributed by atoms with E-state index in [4.69, 9.17) is 20.6 Å². The number of carbonyl (C=O) groups excluding carboxylic acids is 1. The van der Waals surface area contributed by atoms with E-state index in [-0.39, 0.29) is 22.4 Å². The van der Waals surface area contributed by atoms with E-state index in [0.717, 1.165) is 0 Å². The van der Waals surface area contributed by atoms with Crippen LogP contribution in [0.15, 0.2) is 0 Å². The van der Waals surface area contributed by atoms with Crippen LogP contribution < -0.4 is 0 Å². The lowest BCUT2D eigenvalue weighted by molar-refractivity contribution is -0.181. The summed E-state index contributed by atoms with van der Waals surface area (Å²) in [5, 5.41) is 0. The predicted molar refractivity (Wildman–Crippen MR) is 77.0 cm³/mol. The Morgan fingerprint density at radius 3 is 2.00 bits per heavy atom. The van der Waals surface area contributed by atoms with Crippen molar-refractivity contribution in [1.82, 2.24) is 0 Å². The highest BCUT2D eigenvalue weighted by atomic mass is 79.9. The Morgan fingerprint density at radius 1 is 1.24 bits per heavy atom. The molecule has 3 atom stereocenters. The van der Waals surface area contributed by atoms with Crippen molar-refractivity contribution in [2.75, 3.05) is 0 Å². The summed E-state index contributed by atoms with van der Waals surface area (Å²) in [6.07, 6.45) is -0.569. The largest absolute Gasteiger partial charge is 0.436 e. The van der Waals surface area contributed by atoms with Crippen molar-refractivity contribution in [3.8, 4) is 0 Å². The standard InChI is InChI=1S/C11H22BrClO3Si/c1-7(2)10(14)15-9(4)16-11(8(3)12)17(5,6)13/h7-9,11H,1-6H3. The first-order valence-electron chi connectivity index (χ1n) is 5.74. The molecule has 0 fully saturated rings. The van der Waals surface area contributed by atoms with Crippen molar-refractivity contribution in [3.05, 3.63) is 0 Å². The van der Waals surface area contributed by atoms with E-state index >= 15 is 0 Å². The van der Waals surface area contributed by atoms with E-state index in [1.54, 1.807) is 20.8 Å². The van der Waals surface area contributed by atoms with Gasteiger partial charge in [0.2, 0.25) is 0 Å². The molecule has 0 aromatic carbocycles. The first-order chi connectivity index (χ1) is 7.55. The third-order valence-corrected chi connectivity index (χ3v) is 5.79. The zero-order chi connectivity index (χ0) is 13.8. The lowest BCUT2D eigenvalue weighted by atomic mass is 10.2. The molecule has 0 aliphatic rings. The van der Waals surface area contributed by atoms with Gasteiger partial charge in [-0.2, -0.15) is 11.1 Å². The molecule has 0 spiro atoms. The molecule has 0 aliphatic heterocycles. The van der Waals surface area contributed by atoms with Crippen LogP contribution in [0.2, 0.25) is 13.1 Å². The predicted octanol–water partition coefficient (Wildman–Crippen LogP) is 3.68. The van der Waals surface area contributed by atoms with Gasteiger partial charge in [-0.05, 0) is 6.92 Å². The Morgan fingerprint density at radius 2 is 1.71 bits per heavy atom. The van der Waals surface area contributed by atoms with Gasteiger partial charge in [0.15, 0.2) is 13.7 Å². The molecule has 0 bridgehead atoms. The minimum Gasteiger partial charge on any atom is -0.436 e. The Bertz CT molecular complexity index is 254. The monoisotopic (exact) mass is 344 g/mol. The van der Waals surface area contributed by atoms with E-state index in [1.165, 1.54) is 0 Å². The van der Waals surface area contributed by atoms with Crippen LogP contribution in [0.25, 0.3) is 0 Å². The van der Waals surface area contributed by atoms with Gasteiger partial charge in [-0.15, -0.1) is 0 Å². The molecule has 0 aliphatic carbocycles. The molecule has 0 N–H and O–H groups in total. The maximum atomic E-state index is 11.4. The first kappa shape index (κ1) is 17.4. The smallest absolute Gasteiger partial charge is 0.310 e. The quantitative estimate of drug-likeness (QED) is 0.242. The summed E-state index contributed by atoms with van der Waals surface area (Å²) in [6, 6.07) is 0.